The molecule has 0 saturated carbocycles. The largest absolute Gasteiger partial charge is 0.365 e. The molecule has 0 radical (unpaired) electrons. The average molecular weight is 155 g/mol. The molecule has 0 aliphatic heterocycles. The van der Waals surface area contributed by atoms with Crippen molar-refractivity contribution in [3.05, 3.63) is 16.3 Å². The second kappa shape index (κ2) is 2.57. The van der Waals surface area contributed by atoms with Gasteiger partial charge in [0.05, 0.1) is 10.6 Å². The van der Waals surface area contributed by atoms with E-state index in [0.717, 1.165) is 0 Å². The summed E-state index contributed by atoms with van der Waals surface area (Å²) in [5, 5.41) is 4.73. The summed E-state index contributed by atoms with van der Waals surface area (Å²) < 4.78 is 0. The molecule has 0 unspecified atom stereocenters. The van der Waals surface area contributed by atoms with E-state index in [1.165, 1.54) is 17.4 Å². The molecule has 0 bridgehead atoms. The molecule has 52 valence electrons. The van der Waals surface area contributed by atoms with Crippen LogP contribution in [0.2, 0.25) is 0 Å². The van der Waals surface area contributed by atoms with Gasteiger partial charge < -0.3 is 5.73 Å². The van der Waals surface area contributed by atoms with Crippen LogP contribution in [0.1, 0.15) is 9.67 Å². The molecule has 3 N–H and O–H groups in total. The van der Waals surface area contributed by atoms with Gasteiger partial charge in [0.2, 0.25) is 0 Å². The van der Waals surface area contributed by atoms with Crippen LogP contribution in [-0.4, -0.2) is 5.91 Å². The van der Waals surface area contributed by atoms with E-state index in [9.17, 15) is 4.79 Å². The second-order valence-electron chi connectivity index (χ2n) is 1.65. The Morgan fingerprint density at radius 1 is 1.80 bits per heavy atom. The van der Waals surface area contributed by atoms with Crippen molar-refractivity contribution in [1.29, 1.82) is 5.53 Å². The minimum absolute atomic E-state index is 0.436. The predicted molar refractivity (Wildman–Crippen MR) is 37.6 cm³/mol. The van der Waals surface area contributed by atoms with E-state index in [4.69, 9.17) is 11.3 Å². The highest BCUT2D eigenvalue weighted by Gasteiger charge is 2.02. The van der Waals surface area contributed by atoms with Crippen LogP contribution in [0.3, 0.4) is 0 Å². The van der Waals surface area contributed by atoms with Gasteiger partial charge in [0.25, 0.3) is 5.91 Å². The maximum atomic E-state index is 10.5. The van der Waals surface area contributed by atoms with Gasteiger partial charge in [-0.05, 0) is 6.07 Å². The van der Waals surface area contributed by atoms with E-state index in [1.807, 2.05) is 0 Å². The molecule has 1 rings (SSSR count). The van der Waals surface area contributed by atoms with Crippen LogP contribution in [0.4, 0.5) is 5.69 Å². The Labute approximate surface area is 61.2 Å². The summed E-state index contributed by atoms with van der Waals surface area (Å²) in [6.45, 7) is 0. The summed E-state index contributed by atoms with van der Waals surface area (Å²) in [5.74, 6) is -0.472. The van der Waals surface area contributed by atoms with Crippen molar-refractivity contribution in [1.82, 2.24) is 0 Å². The monoisotopic (exact) mass is 155 g/mol. The highest BCUT2D eigenvalue weighted by molar-refractivity contribution is 7.12. The summed E-state index contributed by atoms with van der Waals surface area (Å²) in [5.41, 5.74) is 12.0. The highest BCUT2D eigenvalue weighted by Crippen LogP contribution is 2.20. The molecule has 0 fully saturated rings. The Morgan fingerprint density at radius 3 is 2.80 bits per heavy atom. The Bertz CT molecular complexity index is 268. The second-order valence-corrected chi connectivity index (χ2v) is 2.56. The van der Waals surface area contributed by atoms with Gasteiger partial charge in [-0.3, -0.25) is 4.79 Å². The molecule has 1 amide bonds. The molecular formula is C5H5N3OS. The van der Waals surface area contributed by atoms with E-state index in [1.54, 1.807) is 5.38 Å². The number of rotatable bonds is 2. The van der Waals surface area contributed by atoms with E-state index >= 15 is 0 Å². The summed E-state index contributed by atoms with van der Waals surface area (Å²) in [4.78, 5) is 10.9. The molecule has 1 heterocycles. The van der Waals surface area contributed by atoms with E-state index in [-0.39, 0.29) is 0 Å². The number of primary amides is 1. The third kappa shape index (κ3) is 1.19. The van der Waals surface area contributed by atoms with Crippen LogP contribution >= 0.6 is 11.3 Å². The molecule has 0 aromatic carbocycles. The van der Waals surface area contributed by atoms with E-state index in [0.29, 0.717) is 10.6 Å². The number of nitrogens with two attached hydrogens (primary N) is 1. The number of carbonyl (C=O) groups is 1. The van der Waals surface area contributed by atoms with Crippen molar-refractivity contribution in [2.75, 3.05) is 0 Å². The van der Waals surface area contributed by atoms with Crippen molar-refractivity contribution in [3.8, 4) is 0 Å². The smallest absolute Gasteiger partial charge is 0.258 e. The van der Waals surface area contributed by atoms with E-state index < -0.39 is 5.91 Å². The molecule has 0 aliphatic carbocycles. The molecule has 1 aromatic rings. The highest BCUT2D eigenvalue weighted by atomic mass is 32.1. The normalized spacial score (nSPS) is 9.20. The average Bonchev–Trinajstić information content (AvgIpc) is 2.34. The fourth-order valence-electron chi connectivity index (χ4n) is 0.514. The standard InChI is InChI=1S/C5H5N3OS/c6-5(9)4-1-3(8-7)2-10-4/h1-2,7H,(H2,6,9). The summed E-state index contributed by atoms with van der Waals surface area (Å²) in [6.07, 6.45) is 0. The van der Waals surface area contributed by atoms with Crippen LogP contribution in [0.5, 0.6) is 0 Å². The first-order chi connectivity index (χ1) is 4.74. The number of amides is 1. The first-order valence-corrected chi connectivity index (χ1v) is 3.38. The van der Waals surface area contributed by atoms with Gasteiger partial charge in [0.1, 0.15) is 0 Å². The lowest BCUT2D eigenvalue weighted by atomic mass is 10.4. The zero-order valence-electron chi connectivity index (χ0n) is 5.00. The van der Waals surface area contributed by atoms with Crippen molar-refractivity contribution in [2.45, 2.75) is 0 Å². The first-order valence-electron chi connectivity index (χ1n) is 2.50. The molecular weight excluding hydrogens is 150 g/mol. The molecule has 1 aromatic heterocycles. The Morgan fingerprint density at radius 2 is 2.50 bits per heavy atom. The van der Waals surface area contributed by atoms with Gasteiger partial charge in [0.15, 0.2) is 0 Å². The third-order valence-corrected chi connectivity index (χ3v) is 1.89. The van der Waals surface area contributed by atoms with Crippen molar-refractivity contribution in [2.24, 2.45) is 10.8 Å². The number of nitrogens with zero attached hydrogens (tertiary/aromatic N) is 1. The van der Waals surface area contributed by atoms with Crippen LogP contribution in [0, 0.1) is 5.53 Å². The fraction of sp³-hybridized carbons (Fsp3) is 0. The SMILES string of the molecule is N=Nc1csc(C(N)=O)c1. The topological polar surface area (TPSA) is 79.3 Å². The number of hydrogen-bond acceptors (Lipinski definition) is 4. The fourth-order valence-corrected chi connectivity index (χ4v) is 1.19. The van der Waals surface area contributed by atoms with Gasteiger partial charge in [-0.1, -0.05) is 0 Å². The molecule has 0 saturated heterocycles. The lowest BCUT2D eigenvalue weighted by Gasteiger charge is -1.81. The Balaban J connectivity index is 2.98. The number of thiophene rings is 1. The minimum Gasteiger partial charge on any atom is -0.365 e. The van der Waals surface area contributed by atoms with E-state index in [2.05, 4.69) is 5.11 Å². The lowest BCUT2D eigenvalue weighted by molar-refractivity contribution is 0.100. The summed E-state index contributed by atoms with van der Waals surface area (Å²) in [6, 6.07) is 1.49. The van der Waals surface area contributed by atoms with Crippen LogP contribution in [-0.2, 0) is 0 Å². The third-order valence-electron chi connectivity index (χ3n) is 0.958. The molecule has 0 atom stereocenters. The molecule has 0 spiro atoms. The van der Waals surface area contributed by atoms with Crippen LogP contribution in [0.25, 0.3) is 0 Å². The first kappa shape index (κ1) is 6.88. The van der Waals surface area contributed by atoms with Crippen molar-refractivity contribution < 1.29 is 4.79 Å². The number of carbonyl (C=O) groups excluding carboxylic acids is 1. The number of hydrogen-bond donors (Lipinski definition) is 2. The Kier molecular flexibility index (Phi) is 1.77. The molecule has 4 nitrogen and oxygen atoms in total. The minimum atomic E-state index is -0.472. The maximum Gasteiger partial charge on any atom is 0.258 e. The summed E-state index contributed by atoms with van der Waals surface area (Å²) >= 11 is 1.19. The van der Waals surface area contributed by atoms with Gasteiger partial charge in [-0.15, -0.1) is 11.3 Å². The number of nitrogens with one attached hydrogen (secondary N) is 1. The molecule has 0 aliphatic rings. The lowest BCUT2D eigenvalue weighted by Crippen LogP contribution is -2.07. The van der Waals surface area contributed by atoms with Gasteiger partial charge in [0, 0.05) is 5.38 Å². The van der Waals surface area contributed by atoms with Crippen molar-refractivity contribution >= 4 is 22.9 Å². The zero-order valence-corrected chi connectivity index (χ0v) is 5.81. The van der Waals surface area contributed by atoms with Crippen LogP contribution in [0.15, 0.2) is 16.6 Å². The molecule has 10 heavy (non-hydrogen) atoms. The summed E-state index contributed by atoms with van der Waals surface area (Å²) in [7, 11) is 0. The van der Waals surface area contributed by atoms with Crippen LogP contribution < -0.4 is 5.73 Å². The van der Waals surface area contributed by atoms with Gasteiger partial charge in [-0.25, -0.2) is 5.53 Å². The van der Waals surface area contributed by atoms with Crippen molar-refractivity contribution in [3.63, 3.8) is 0 Å². The maximum absolute atomic E-state index is 10.5. The van der Waals surface area contributed by atoms with Gasteiger partial charge >= 0.3 is 0 Å². The Hall–Kier alpha value is -1.23. The zero-order chi connectivity index (χ0) is 7.56. The van der Waals surface area contributed by atoms with Gasteiger partial charge in [-0.2, -0.15) is 5.11 Å². The predicted octanol–water partition coefficient (Wildman–Crippen LogP) is 1.51. The molecule has 5 heteroatoms. The quantitative estimate of drug-likeness (QED) is 0.623.